The van der Waals surface area contributed by atoms with Crippen molar-refractivity contribution in [3.8, 4) is 5.75 Å². The van der Waals surface area contributed by atoms with Crippen LogP contribution >= 0.6 is 0 Å². The van der Waals surface area contributed by atoms with Crippen LogP contribution in [0.5, 0.6) is 5.75 Å². The highest BCUT2D eigenvalue weighted by Gasteiger charge is 2.16. The molecule has 1 aromatic rings. The zero-order valence-electron chi connectivity index (χ0n) is 11.4. The van der Waals surface area contributed by atoms with E-state index in [4.69, 9.17) is 9.88 Å². The normalized spacial score (nSPS) is 11.2. The largest absolute Gasteiger partial charge is 0.483 e. The highest BCUT2D eigenvalue weighted by molar-refractivity contribution is 7.89. The summed E-state index contributed by atoms with van der Waals surface area (Å²) in [6.07, 6.45) is 0. The summed E-state index contributed by atoms with van der Waals surface area (Å²) < 4.78 is 28.1. The Labute approximate surface area is 113 Å². The van der Waals surface area contributed by atoms with Gasteiger partial charge in [-0.1, -0.05) is 0 Å². The van der Waals surface area contributed by atoms with Gasteiger partial charge < -0.3 is 9.64 Å². The molecule has 0 heterocycles. The Hall–Kier alpha value is -1.60. The molecule has 0 fully saturated rings. The number of nitrogens with zero attached hydrogens (tertiary/aromatic N) is 1. The highest BCUT2D eigenvalue weighted by atomic mass is 32.2. The molecular formula is C12H18N2O4S. The lowest BCUT2D eigenvalue weighted by atomic mass is 10.1. The third kappa shape index (κ3) is 3.68. The molecule has 0 unspecified atom stereocenters. The number of benzene rings is 1. The van der Waals surface area contributed by atoms with Gasteiger partial charge in [-0.3, -0.25) is 4.79 Å². The molecule has 0 saturated heterocycles. The summed E-state index contributed by atoms with van der Waals surface area (Å²) in [5.74, 6) is 0.299. The van der Waals surface area contributed by atoms with Crippen molar-refractivity contribution in [3.63, 3.8) is 0 Å². The van der Waals surface area contributed by atoms with Crippen LogP contribution in [0, 0.1) is 13.8 Å². The standard InChI is InChI=1S/C12H18N2O4S/c1-8-9(2)11(19(13,16)17)6-5-10(8)18-7-12(15)14(3)4/h5-6H,7H2,1-4H3,(H2,13,16,17). The number of carbonyl (C=O) groups excluding carboxylic acids is 1. The predicted octanol–water partition coefficient (Wildman–Crippen LogP) is 0.418. The van der Waals surface area contributed by atoms with Crippen molar-refractivity contribution in [1.29, 1.82) is 0 Å². The van der Waals surface area contributed by atoms with Gasteiger partial charge in [0.1, 0.15) is 5.75 Å². The fourth-order valence-electron chi connectivity index (χ4n) is 1.50. The maximum absolute atomic E-state index is 11.4. The molecule has 6 nitrogen and oxygen atoms in total. The van der Waals surface area contributed by atoms with E-state index < -0.39 is 10.0 Å². The maximum Gasteiger partial charge on any atom is 0.259 e. The van der Waals surface area contributed by atoms with Crippen molar-refractivity contribution in [2.75, 3.05) is 20.7 Å². The molecule has 1 aromatic carbocycles. The van der Waals surface area contributed by atoms with Crippen LogP contribution in [0.3, 0.4) is 0 Å². The fourth-order valence-corrected chi connectivity index (χ4v) is 2.34. The van der Waals surface area contributed by atoms with E-state index in [1.54, 1.807) is 27.9 Å². The Morgan fingerprint density at radius 1 is 1.26 bits per heavy atom. The lowest BCUT2D eigenvalue weighted by molar-refractivity contribution is -0.130. The zero-order chi connectivity index (χ0) is 14.8. The summed E-state index contributed by atoms with van der Waals surface area (Å²) >= 11 is 0. The van der Waals surface area contributed by atoms with Gasteiger partial charge >= 0.3 is 0 Å². The predicted molar refractivity (Wildman–Crippen MR) is 71.5 cm³/mol. The van der Waals surface area contributed by atoms with E-state index in [0.717, 1.165) is 0 Å². The minimum atomic E-state index is -3.75. The molecule has 1 rings (SSSR count). The van der Waals surface area contributed by atoms with Crippen molar-refractivity contribution in [2.45, 2.75) is 18.7 Å². The van der Waals surface area contributed by atoms with Crippen LogP contribution in [-0.2, 0) is 14.8 Å². The Kier molecular flexibility index (Phi) is 4.54. The van der Waals surface area contributed by atoms with Crippen LogP contribution in [0.2, 0.25) is 0 Å². The van der Waals surface area contributed by atoms with Crippen molar-refractivity contribution < 1.29 is 17.9 Å². The van der Waals surface area contributed by atoms with Gasteiger partial charge in [-0.15, -0.1) is 0 Å². The Balaban J connectivity index is 3.01. The molecule has 0 bridgehead atoms. The average molecular weight is 286 g/mol. The Morgan fingerprint density at radius 2 is 1.84 bits per heavy atom. The quantitative estimate of drug-likeness (QED) is 0.868. The molecule has 19 heavy (non-hydrogen) atoms. The van der Waals surface area contributed by atoms with E-state index in [1.807, 2.05) is 0 Å². The number of primary sulfonamides is 1. The second kappa shape index (κ2) is 5.58. The molecule has 0 saturated carbocycles. The number of rotatable bonds is 4. The first kappa shape index (κ1) is 15.5. The fraction of sp³-hybridized carbons (Fsp3) is 0.417. The average Bonchev–Trinajstić information content (AvgIpc) is 2.28. The minimum Gasteiger partial charge on any atom is -0.483 e. The molecule has 0 atom stereocenters. The lowest BCUT2D eigenvalue weighted by Gasteiger charge is -2.15. The molecule has 0 aromatic heterocycles. The van der Waals surface area contributed by atoms with E-state index in [2.05, 4.69) is 0 Å². The zero-order valence-corrected chi connectivity index (χ0v) is 12.2. The van der Waals surface area contributed by atoms with Crippen LogP contribution < -0.4 is 9.88 Å². The molecule has 0 aliphatic carbocycles. The molecule has 0 aliphatic heterocycles. The van der Waals surface area contributed by atoms with Crippen molar-refractivity contribution in [3.05, 3.63) is 23.3 Å². The maximum atomic E-state index is 11.4. The number of carbonyl (C=O) groups is 1. The first-order chi connectivity index (χ1) is 8.64. The van der Waals surface area contributed by atoms with E-state index in [1.165, 1.54) is 17.0 Å². The van der Waals surface area contributed by atoms with Crippen LogP contribution in [0.15, 0.2) is 17.0 Å². The molecule has 2 N–H and O–H groups in total. The summed E-state index contributed by atoms with van der Waals surface area (Å²) in [5, 5.41) is 5.11. The molecule has 0 spiro atoms. The summed E-state index contributed by atoms with van der Waals surface area (Å²) in [5.41, 5.74) is 1.18. The van der Waals surface area contributed by atoms with Gasteiger partial charge in [0.25, 0.3) is 5.91 Å². The van der Waals surface area contributed by atoms with Crippen molar-refractivity contribution >= 4 is 15.9 Å². The number of nitrogens with two attached hydrogens (primary N) is 1. The van der Waals surface area contributed by atoms with Gasteiger partial charge in [0.2, 0.25) is 10.0 Å². The summed E-state index contributed by atoms with van der Waals surface area (Å²) in [7, 11) is -0.483. The number of hydrogen-bond acceptors (Lipinski definition) is 4. The first-order valence-electron chi connectivity index (χ1n) is 5.60. The molecule has 0 radical (unpaired) electrons. The summed E-state index contributed by atoms with van der Waals surface area (Å²) in [6, 6.07) is 2.89. The van der Waals surface area contributed by atoms with Crippen molar-refractivity contribution in [2.24, 2.45) is 5.14 Å². The smallest absolute Gasteiger partial charge is 0.259 e. The topological polar surface area (TPSA) is 89.7 Å². The van der Waals surface area contributed by atoms with Crippen LogP contribution in [0.1, 0.15) is 11.1 Å². The van der Waals surface area contributed by atoms with Crippen LogP contribution in [0.25, 0.3) is 0 Å². The Bertz CT molecular complexity index is 594. The number of hydrogen-bond donors (Lipinski definition) is 1. The van der Waals surface area contributed by atoms with E-state index >= 15 is 0 Å². The SMILES string of the molecule is Cc1c(OCC(=O)N(C)C)ccc(S(N)(=O)=O)c1C. The summed E-state index contributed by atoms with van der Waals surface area (Å²) in [6.45, 7) is 3.27. The molecular weight excluding hydrogens is 268 g/mol. The molecule has 106 valence electrons. The number of amides is 1. The minimum absolute atomic E-state index is 0.0660. The molecule has 0 aliphatic rings. The lowest BCUT2D eigenvalue weighted by Crippen LogP contribution is -2.27. The second-order valence-electron chi connectivity index (χ2n) is 4.43. The number of likely N-dealkylation sites (N-methyl/N-ethyl adjacent to an activating group) is 1. The second-order valence-corrected chi connectivity index (χ2v) is 5.96. The monoisotopic (exact) mass is 286 g/mol. The summed E-state index contributed by atoms with van der Waals surface area (Å²) in [4.78, 5) is 12.9. The number of ether oxygens (including phenoxy) is 1. The van der Waals surface area contributed by atoms with Gasteiger partial charge in [0.15, 0.2) is 6.61 Å². The van der Waals surface area contributed by atoms with E-state index in [-0.39, 0.29) is 17.4 Å². The first-order valence-corrected chi connectivity index (χ1v) is 7.15. The highest BCUT2D eigenvalue weighted by Crippen LogP contribution is 2.26. The third-order valence-corrected chi connectivity index (χ3v) is 3.90. The van der Waals surface area contributed by atoms with Gasteiger partial charge in [-0.25, -0.2) is 13.6 Å². The van der Waals surface area contributed by atoms with Gasteiger partial charge in [-0.05, 0) is 37.1 Å². The van der Waals surface area contributed by atoms with E-state index in [9.17, 15) is 13.2 Å². The Morgan fingerprint density at radius 3 is 2.32 bits per heavy atom. The van der Waals surface area contributed by atoms with Crippen LogP contribution in [-0.4, -0.2) is 39.9 Å². The number of sulfonamides is 1. The molecule has 1 amide bonds. The van der Waals surface area contributed by atoms with Crippen molar-refractivity contribution in [1.82, 2.24) is 4.90 Å². The van der Waals surface area contributed by atoms with E-state index in [0.29, 0.717) is 16.9 Å². The van der Waals surface area contributed by atoms with Gasteiger partial charge in [-0.2, -0.15) is 0 Å². The van der Waals surface area contributed by atoms with Crippen LogP contribution in [0.4, 0.5) is 0 Å². The van der Waals surface area contributed by atoms with Gasteiger partial charge in [0.05, 0.1) is 4.90 Å². The third-order valence-electron chi connectivity index (χ3n) is 2.84. The molecule has 7 heteroatoms. The van der Waals surface area contributed by atoms with Gasteiger partial charge in [0, 0.05) is 14.1 Å².